The standard InChI is InChI=1S/C20H22ClFN4O3S/c1-20(2,30(23)28)4-3-11-7-25-18(15-8-24-17(21)6-13(11)15)29-12-9-26(10-12)19(27)14-5-16(14)22/h3-4,6-8,12,14,16H,5,9-10,23H2,1-2H3/b4-3+/t14-,16+,30?/m1/s1. The van der Waals surface area contributed by atoms with Crippen LogP contribution in [0.2, 0.25) is 5.15 Å². The van der Waals surface area contributed by atoms with Gasteiger partial charge < -0.3 is 9.64 Å². The molecule has 7 nitrogen and oxygen atoms in total. The SMILES string of the molecule is CC(C)(/C=C/c1cnc(OC2CN(C(=O)[C@@H]3C[C@@H]3F)C2)c2cnc(Cl)cc12)S(N)=O. The summed E-state index contributed by atoms with van der Waals surface area (Å²) in [6, 6.07) is 1.71. The minimum Gasteiger partial charge on any atom is -0.470 e. The highest BCUT2D eigenvalue weighted by atomic mass is 35.5. The number of aromatic nitrogens is 2. The van der Waals surface area contributed by atoms with Gasteiger partial charge in [-0.05, 0) is 26.3 Å². The van der Waals surface area contributed by atoms with Gasteiger partial charge in [0, 0.05) is 23.3 Å². The molecule has 2 aliphatic rings. The van der Waals surface area contributed by atoms with Gasteiger partial charge in [-0.25, -0.2) is 18.6 Å². The molecule has 2 fully saturated rings. The molecule has 1 saturated carbocycles. The molecule has 160 valence electrons. The first-order chi connectivity index (χ1) is 14.2. The minimum atomic E-state index is -1.53. The summed E-state index contributed by atoms with van der Waals surface area (Å²) >= 11 is 6.09. The summed E-state index contributed by atoms with van der Waals surface area (Å²) in [6.07, 6.45) is 5.90. The Bertz CT molecular complexity index is 1060. The van der Waals surface area contributed by atoms with Gasteiger partial charge in [0.1, 0.15) is 17.4 Å². The molecule has 3 heterocycles. The summed E-state index contributed by atoms with van der Waals surface area (Å²) in [6.45, 7) is 4.37. The number of likely N-dealkylation sites (tertiary alicyclic amines) is 1. The number of rotatable bonds is 6. The zero-order valence-electron chi connectivity index (χ0n) is 16.5. The predicted octanol–water partition coefficient (Wildman–Crippen LogP) is 2.65. The Morgan fingerprint density at radius 3 is 2.70 bits per heavy atom. The molecule has 0 spiro atoms. The summed E-state index contributed by atoms with van der Waals surface area (Å²) < 4.78 is 30.0. The maximum absolute atomic E-state index is 13.1. The van der Waals surface area contributed by atoms with Crippen molar-refractivity contribution in [3.63, 3.8) is 0 Å². The van der Waals surface area contributed by atoms with Crippen molar-refractivity contribution in [1.82, 2.24) is 14.9 Å². The number of amides is 1. The van der Waals surface area contributed by atoms with Crippen LogP contribution in [-0.4, -0.2) is 55.1 Å². The lowest BCUT2D eigenvalue weighted by molar-refractivity contribution is -0.141. The van der Waals surface area contributed by atoms with E-state index < -0.39 is 27.8 Å². The fraction of sp³-hybridized carbons (Fsp3) is 0.450. The van der Waals surface area contributed by atoms with Crippen LogP contribution in [0.4, 0.5) is 4.39 Å². The quantitative estimate of drug-likeness (QED) is 0.679. The van der Waals surface area contributed by atoms with Crippen LogP contribution in [0.5, 0.6) is 5.88 Å². The molecular weight excluding hydrogens is 431 g/mol. The van der Waals surface area contributed by atoms with Gasteiger partial charge in [-0.15, -0.1) is 0 Å². The molecule has 1 unspecified atom stereocenters. The third-order valence-electron chi connectivity index (χ3n) is 5.38. The molecule has 2 N–H and O–H groups in total. The van der Waals surface area contributed by atoms with Crippen LogP contribution in [0.1, 0.15) is 25.8 Å². The number of alkyl halides is 1. The zero-order valence-corrected chi connectivity index (χ0v) is 18.1. The number of carbonyl (C=O) groups excluding carboxylic acids is 1. The highest BCUT2D eigenvalue weighted by Gasteiger charge is 2.48. The molecule has 10 heteroatoms. The van der Waals surface area contributed by atoms with Crippen LogP contribution < -0.4 is 9.88 Å². The average molecular weight is 453 g/mol. The Labute approximate surface area is 181 Å². The monoisotopic (exact) mass is 452 g/mol. The number of fused-ring (bicyclic) bond motifs is 1. The number of halogens is 2. The molecule has 1 amide bonds. The Hall–Kier alpha value is -2.10. The van der Waals surface area contributed by atoms with Crippen molar-refractivity contribution in [1.29, 1.82) is 0 Å². The first kappa shape index (κ1) is 21.1. The smallest absolute Gasteiger partial charge is 0.228 e. The van der Waals surface area contributed by atoms with Crippen LogP contribution in [0.25, 0.3) is 16.8 Å². The molecular formula is C20H22ClFN4O3S. The highest BCUT2D eigenvalue weighted by molar-refractivity contribution is 7.84. The topological polar surface area (TPSA) is 98.4 Å². The van der Waals surface area contributed by atoms with E-state index in [0.29, 0.717) is 35.9 Å². The number of hydrogen-bond acceptors (Lipinski definition) is 5. The van der Waals surface area contributed by atoms with Gasteiger partial charge in [-0.3, -0.25) is 9.93 Å². The lowest BCUT2D eigenvalue weighted by atomic mass is 10.1. The van der Waals surface area contributed by atoms with E-state index in [1.807, 2.05) is 0 Å². The molecule has 0 bridgehead atoms. The minimum absolute atomic E-state index is 0.144. The normalized spacial score (nSPS) is 22.9. The largest absolute Gasteiger partial charge is 0.470 e. The van der Waals surface area contributed by atoms with Crippen molar-refractivity contribution in [3.05, 3.63) is 35.3 Å². The number of ether oxygens (including phenoxy) is 1. The van der Waals surface area contributed by atoms with Gasteiger partial charge in [0.25, 0.3) is 0 Å². The van der Waals surface area contributed by atoms with E-state index in [9.17, 15) is 13.4 Å². The Morgan fingerprint density at radius 2 is 2.07 bits per heavy atom. The Morgan fingerprint density at radius 1 is 1.37 bits per heavy atom. The van der Waals surface area contributed by atoms with E-state index in [1.165, 1.54) is 0 Å². The number of hydrogen-bond donors (Lipinski definition) is 1. The Kier molecular flexibility index (Phi) is 5.54. The number of pyridine rings is 2. The van der Waals surface area contributed by atoms with Crippen molar-refractivity contribution >= 4 is 45.3 Å². The van der Waals surface area contributed by atoms with Gasteiger partial charge in [0.15, 0.2) is 0 Å². The van der Waals surface area contributed by atoms with E-state index in [-0.39, 0.29) is 12.0 Å². The molecule has 2 aromatic heterocycles. The predicted molar refractivity (Wildman–Crippen MR) is 114 cm³/mol. The van der Waals surface area contributed by atoms with E-state index >= 15 is 0 Å². The number of nitrogens with zero attached hydrogens (tertiary/aromatic N) is 3. The summed E-state index contributed by atoms with van der Waals surface area (Å²) in [4.78, 5) is 22.2. The lowest BCUT2D eigenvalue weighted by Gasteiger charge is -2.38. The fourth-order valence-electron chi connectivity index (χ4n) is 3.20. The van der Waals surface area contributed by atoms with Crippen LogP contribution in [-0.2, 0) is 15.8 Å². The van der Waals surface area contributed by atoms with E-state index in [4.69, 9.17) is 21.5 Å². The van der Waals surface area contributed by atoms with Crippen molar-refractivity contribution in [2.45, 2.75) is 37.3 Å². The van der Waals surface area contributed by atoms with Gasteiger partial charge in [0.05, 0.1) is 40.1 Å². The van der Waals surface area contributed by atoms with E-state index in [2.05, 4.69) is 9.97 Å². The summed E-state index contributed by atoms with van der Waals surface area (Å²) in [7, 11) is -1.53. The van der Waals surface area contributed by atoms with Crippen molar-refractivity contribution in [2.75, 3.05) is 13.1 Å². The van der Waals surface area contributed by atoms with Crippen LogP contribution >= 0.6 is 11.6 Å². The lowest BCUT2D eigenvalue weighted by Crippen LogP contribution is -2.56. The van der Waals surface area contributed by atoms with Crippen molar-refractivity contribution in [3.8, 4) is 5.88 Å². The van der Waals surface area contributed by atoms with Crippen LogP contribution in [0.15, 0.2) is 24.5 Å². The third-order valence-corrected chi connectivity index (χ3v) is 6.76. The van der Waals surface area contributed by atoms with Gasteiger partial charge >= 0.3 is 0 Å². The van der Waals surface area contributed by atoms with Crippen molar-refractivity contribution in [2.24, 2.45) is 11.1 Å². The second kappa shape index (κ2) is 7.86. The molecule has 30 heavy (non-hydrogen) atoms. The number of nitrogens with two attached hydrogens (primary N) is 1. The summed E-state index contributed by atoms with van der Waals surface area (Å²) in [5.74, 6) is -0.233. The number of carbonyl (C=O) groups is 1. The molecule has 1 saturated heterocycles. The van der Waals surface area contributed by atoms with E-state index in [0.717, 1.165) is 10.9 Å². The molecule has 0 aromatic carbocycles. The molecule has 3 atom stereocenters. The van der Waals surface area contributed by atoms with Gasteiger partial charge in [0.2, 0.25) is 11.8 Å². The third kappa shape index (κ3) is 4.19. The average Bonchev–Trinajstić information content (AvgIpc) is 3.39. The molecule has 1 aliphatic heterocycles. The molecule has 2 aromatic rings. The maximum Gasteiger partial charge on any atom is 0.228 e. The first-order valence-electron chi connectivity index (χ1n) is 9.55. The summed E-state index contributed by atoms with van der Waals surface area (Å²) in [5.41, 5.74) is 0.758. The van der Waals surface area contributed by atoms with Gasteiger partial charge in [-0.2, -0.15) is 0 Å². The van der Waals surface area contributed by atoms with Crippen molar-refractivity contribution < 1.29 is 18.1 Å². The fourth-order valence-corrected chi connectivity index (χ4v) is 3.56. The van der Waals surface area contributed by atoms with Crippen LogP contribution in [0.3, 0.4) is 0 Å². The first-order valence-corrected chi connectivity index (χ1v) is 11.1. The highest BCUT2D eigenvalue weighted by Crippen LogP contribution is 2.37. The van der Waals surface area contributed by atoms with Gasteiger partial charge in [-0.1, -0.05) is 23.8 Å². The molecule has 4 rings (SSSR count). The zero-order chi connectivity index (χ0) is 21.6. The molecule has 0 radical (unpaired) electrons. The summed E-state index contributed by atoms with van der Waals surface area (Å²) in [5, 5.41) is 7.31. The Balaban J connectivity index is 1.53. The second-order valence-corrected chi connectivity index (χ2v) is 10.2. The van der Waals surface area contributed by atoms with Crippen LogP contribution in [0, 0.1) is 5.92 Å². The maximum atomic E-state index is 13.1. The van der Waals surface area contributed by atoms with E-state index in [1.54, 1.807) is 49.4 Å². The molecule has 1 aliphatic carbocycles. The second-order valence-electron chi connectivity index (χ2n) is 8.15.